The first-order valence-electron chi connectivity index (χ1n) is 11.0. The summed E-state index contributed by atoms with van der Waals surface area (Å²) < 4.78 is 12.2. The van der Waals surface area contributed by atoms with Crippen molar-refractivity contribution >= 4 is 51.2 Å². The van der Waals surface area contributed by atoms with Gasteiger partial charge < -0.3 is 9.47 Å². The smallest absolute Gasteiger partial charge is 0.269 e. The summed E-state index contributed by atoms with van der Waals surface area (Å²) in [5.74, 6) is 0.841. The van der Waals surface area contributed by atoms with Crippen LogP contribution in [0.5, 0.6) is 11.5 Å². The molecule has 0 spiro atoms. The van der Waals surface area contributed by atoms with Gasteiger partial charge in [0, 0.05) is 12.1 Å². The summed E-state index contributed by atoms with van der Waals surface area (Å²) >= 11 is 2.14. The van der Waals surface area contributed by atoms with Gasteiger partial charge in [-0.25, -0.2) is 5.43 Å². The van der Waals surface area contributed by atoms with Gasteiger partial charge in [-0.2, -0.15) is 5.10 Å². The van der Waals surface area contributed by atoms with Crippen LogP contribution in [-0.2, 0) is 17.8 Å². The Labute approximate surface area is 221 Å². The predicted molar refractivity (Wildman–Crippen MR) is 147 cm³/mol. The van der Waals surface area contributed by atoms with E-state index in [1.165, 1.54) is 19.2 Å². The number of nitro groups is 1. The van der Waals surface area contributed by atoms with Crippen LogP contribution in [0.3, 0.4) is 0 Å². The van der Waals surface area contributed by atoms with Crippen LogP contribution in [0.25, 0.3) is 10.8 Å². The van der Waals surface area contributed by atoms with Gasteiger partial charge in [0.1, 0.15) is 6.61 Å². The van der Waals surface area contributed by atoms with Gasteiger partial charge in [-0.05, 0) is 74.3 Å². The molecule has 9 heteroatoms. The number of nitro benzene ring substituents is 1. The average Bonchev–Trinajstić information content (AvgIpc) is 2.88. The Balaban J connectivity index is 1.40. The zero-order valence-corrected chi connectivity index (χ0v) is 21.5. The lowest BCUT2D eigenvalue weighted by molar-refractivity contribution is -0.384. The van der Waals surface area contributed by atoms with Crippen molar-refractivity contribution in [2.24, 2.45) is 5.10 Å². The molecule has 0 heterocycles. The van der Waals surface area contributed by atoms with Crippen LogP contribution in [0.1, 0.15) is 16.7 Å². The van der Waals surface area contributed by atoms with Crippen molar-refractivity contribution in [3.05, 3.63) is 109 Å². The number of ether oxygens (including phenoxy) is 2. The van der Waals surface area contributed by atoms with E-state index in [9.17, 15) is 14.9 Å². The Morgan fingerprint density at radius 1 is 1.08 bits per heavy atom. The van der Waals surface area contributed by atoms with E-state index in [0.29, 0.717) is 11.5 Å². The molecule has 1 N–H and O–H groups in total. The third-order valence-electron chi connectivity index (χ3n) is 5.42. The predicted octanol–water partition coefficient (Wildman–Crippen LogP) is 5.63. The molecule has 36 heavy (non-hydrogen) atoms. The fraction of sp³-hybridized carbons (Fsp3) is 0.111. The number of hydrogen-bond donors (Lipinski definition) is 1. The van der Waals surface area contributed by atoms with Gasteiger partial charge in [0.15, 0.2) is 11.5 Å². The Bertz CT molecular complexity index is 1430. The summed E-state index contributed by atoms with van der Waals surface area (Å²) in [7, 11) is 1.54. The summed E-state index contributed by atoms with van der Waals surface area (Å²) in [5.41, 5.74) is 5.06. The average molecular weight is 595 g/mol. The van der Waals surface area contributed by atoms with E-state index in [1.807, 2.05) is 48.5 Å². The lowest BCUT2D eigenvalue weighted by Gasteiger charge is -2.13. The number of benzene rings is 4. The number of rotatable bonds is 9. The minimum absolute atomic E-state index is 0.0266. The van der Waals surface area contributed by atoms with Crippen molar-refractivity contribution in [1.29, 1.82) is 0 Å². The quantitative estimate of drug-likeness (QED) is 0.117. The van der Waals surface area contributed by atoms with Crippen LogP contribution < -0.4 is 14.9 Å². The molecule has 8 nitrogen and oxygen atoms in total. The molecule has 0 aliphatic heterocycles. The van der Waals surface area contributed by atoms with Crippen molar-refractivity contribution in [1.82, 2.24) is 5.43 Å². The summed E-state index contributed by atoms with van der Waals surface area (Å²) in [6.07, 6.45) is 1.76. The minimum Gasteiger partial charge on any atom is -0.493 e. The van der Waals surface area contributed by atoms with Gasteiger partial charge in [0.05, 0.1) is 28.2 Å². The van der Waals surface area contributed by atoms with Crippen molar-refractivity contribution in [3.8, 4) is 11.5 Å². The molecule has 4 aromatic carbocycles. The van der Waals surface area contributed by atoms with E-state index in [4.69, 9.17) is 9.47 Å². The first-order valence-corrected chi connectivity index (χ1v) is 12.0. The van der Waals surface area contributed by atoms with Crippen LogP contribution in [0, 0.1) is 13.7 Å². The largest absolute Gasteiger partial charge is 0.493 e. The second kappa shape index (κ2) is 11.6. The molecule has 0 radical (unpaired) electrons. The van der Waals surface area contributed by atoms with E-state index < -0.39 is 4.92 Å². The summed E-state index contributed by atoms with van der Waals surface area (Å²) in [6.45, 7) is 0.224. The van der Waals surface area contributed by atoms with Crippen LogP contribution in [0.4, 0.5) is 5.69 Å². The Kier molecular flexibility index (Phi) is 8.11. The molecule has 0 unspecified atom stereocenters. The van der Waals surface area contributed by atoms with Gasteiger partial charge in [0.25, 0.3) is 5.69 Å². The SMILES string of the molecule is COc1cc(C=NNC(=O)Cc2cccc3ccccc23)cc(I)c1OCc1ccc([N+](=O)[O-])cc1. The van der Waals surface area contributed by atoms with Crippen molar-refractivity contribution in [2.45, 2.75) is 13.0 Å². The number of nitrogens with one attached hydrogen (secondary N) is 1. The van der Waals surface area contributed by atoms with Crippen molar-refractivity contribution in [3.63, 3.8) is 0 Å². The normalized spacial score (nSPS) is 10.9. The molecule has 0 aliphatic rings. The lowest BCUT2D eigenvalue weighted by atomic mass is 10.0. The fourth-order valence-electron chi connectivity index (χ4n) is 3.66. The monoisotopic (exact) mass is 595 g/mol. The van der Waals surface area contributed by atoms with Crippen molar-refractivity contribution < 1.29 is 19.2 Å². The van der Waals surface area contributed by atoms with E-state index >= 15 is 0 Å². The van der Waals surface area contributed by atoms with Crippen LogP contribution in [0.15, 0.2) is 84.0 Å². The number of carbonyl (C=O) groups excluding carboxylic acids is 1. The molecule has 0 aliphatic carbocycles. The van der Waals surface area contributed by atoms with E-state index in [0.717, 1.165) is 31.0 Å². The summed E-state index contributed by atoms with van der Waals surface area (Å²) in [6, 6.07) is 23.6. The third-order valence-corrected chi connectivity index (χ3v) is 6.22. The zero-order valence-electron chi connectivity index (χ0n) is 19.3. The van der Waals surface area contributed by atoms with Gasteiger partial charge in [-0.15, -0.1) is 0 Å². The lowest BCUT2D eigenvalue weighted by Crippen LogP contribution is -2.19. The maximum atomic E-state index is 12.5. The highest BCUT2D eigenvalue weighted by atomic mass is 127. The van der Waals surface area contributed by atoms with E-state index in [1.54, 1.807) is 24.4 Å². The highest BCUT2D eigenvalue weighted by Gasteiger charge is 2.13. The number of hydrogen-bond acceptors (Lipinski definition) is 6. The zero-order chi connectivity index (χ0) is 25.5. The van der Waals surface area contributed by atoms with Gasteiger partial charge >= 0.3 is 0 Å². The number of non-ortho nitro benzene ring substituents is 1. The second-order valence-corrected chi connectivity index (χ2v) is 9.02. The van der Waals surface area contributed by atoms with Gasteiger partial charge in [0.2, 0.25) is 5.91 Å². The number of nitrogens with zero attached hydrogens (tertiary/aromatic N) is 2. The second-order valence-electron chi connectivity index (χ2n) is 7.85. The molecular formula is C27H22IN3O5. The first kappa shape index (κ1) is 25.1. The standard InChI is InChI=1S/C27H22IN3O5/c1-35-25-14-19(13-24(28)27(25)36-17-18-9-11-22(12-10-18)31(33)34)16-29-30-26(32)15-21-7-4-6-20-5-2-3-8-23(20)21/h2-14,16H,15,17H2,1H3,(H,30,32). The maximum absolute atomic E-state index is 12.5. The van der Waals surface area contributed by atoms with Crippen LogP contribution in [-0.4, -0.2) is 24.2 Å². The van der Waals surface area contributed by atoms with Crippen LogP contribution >= 0.6 is 22.6 Å². The molecule has 4 rings (SSSR count). The molecule has 0 fully saturated rings. The Morgan fingerprint density at radius 3 is 2.58 bits per heavy atom. The van der Waals surface area contributed by atoms with Crippen LogP contribution in [0.2, 0.25) is 0 Å². The topological polar surface area (TPSA) is 103 Å². The first-order chi connectivity index (χ1) is 17.4. The molecule has 0 bridgehead atoms. The number of amides is 1. The Hall–Kier alpha value is -3.99. The molecule has 0 saturated carbocycles. The van der Waals surface area contributed by atoms with Gasteiger partial charge in [-0.1, -0.05) is 42.5 Å². The molecule has 1 amide bonds. The third kappa shape index (κ3) is 6.16. The summed E-state index contributed by atoms with van der Waals surface area (Å²) in [4.78, 5) is 22.8. The van der Waals surface area contributed by atoms with E-state index in [2.05, 4.69) is 33.1 Å². The molecule has 182 valence electrons. The molecule has 4 aromatic rings. The highest BCUT2D eigenvalue weighted by molar-refractivity contribution is 14.1. The molecule has 0 aromatic heterocycles. The molecule has 0 atom stereocenters. The molecular weight excluding hydrogens is 573 g/mol. The Morgan fingerprint density at radius 2 is 1.83 bits per heavy atom. The van der Waals surface area contributed by atoms with E-state index in [-0.39, 0.29) is 24.6 Å². The van der Waals surface area contributed by atoms with Crippen molar-refractivity contribution in [2.75, 3.05) is 7.11 Å². The number of fused-ring (bicyclic) bond motifs is 1. The number of methoxy groups -OCH3 is 1. The number of carbonyl (C=O) groups is 1. The van der Waals surface area contributed by atoms with Gasteiger partial charge in [-0.3, -0.25) is 14.9 Å². The number of halogens is 1. The maximum Gasteiger partial charge on any atom is 0.269 e. The minimum atomic E-state index is -0.442. The summed E-state index contributed by atoms with van der Waals surface area (Å²) in [5, 5.41) is 17.0. The fourth-order valence-corrected chi connectivity index (χ4v) is 4.44. The molecule has 0 saturated heterocycles. The highest BCUT2D eigenvalue weighted by Crippen LogP contribution is 2.34. The number of hydrazone groups is 1.